The van der Waals surface area contributed by atoms with Gasteiger partial charge in [-0.3, -0.25) is 4.79 Å². The summed E-state index contributed by atoms with van der Waals surface area (Å²) in [6.45, 7) is 0.543. The summed E-state index contributed by atoms with van der Waals surface area (Å²) < 4.78 is 0. The molecule has 0 spiro atoms. The van der Waals surface area contributed by atoms with E-state index in [9.17, 15) is 4.79 Å². The summed E-state index contributed by atoms with van der Waals surface area (Å²) in [5.41, 5.74) is 3.50. The lowest BCUT2D eigenvalue weighted by Crippen LogP contribution is -2.21. The van der Waals surface area contributed by atoms with Crippen molar-refractivity contribution in [1.29, 1.82) is 0 Å². The number of amides is 1. The van der Waals surface area contributed by atoms with E-state index in [1.807, 2.05) is 36.0 Å². The number of benzene rings is 1. The van der Waals surface area contributed by atoms with Crippen molar-refractivity contribution in [3.63, 3.8) is 0 Å². The van der Waals surface area contributed by atoms with E-state index in [2.05, 4.69) is 11.4 Å². The monoisotopic (exact) mass is 337 g/mol. The number of rotatable bonds is 4. The van der Waals surface area contributed by atoms with Gasteiger partial charge in [0.25, 0.3) is 5.91 Å². The Labute approximate surface area is 137 Å². The van der Waals surface area contributed by atoms with E-state index >= 15 is 0 Å². The Hall–Kier alpha value is -0.970. The topological polar surface area (TPSA) is 29.1 Å². The summed E-state index contributed by atoms with van der Waals surface area (Å²) in [5.74, 6) is 2.73. The minimum Gasteiger partial charge on any atom is -0.347 e. The SMILES string of the molecule is O=C(NCc1cccc(CCl)c1)c1cc2c(s1)CCSC2. The van der Waals surface area contributed by atoms with Gasteiger partial charge < -0.3 is 5.32 Å². The molecule has 1 N–H and O–H groups in total. The Bertz CT molecular complexity index is 630. The van der Waals surface area contributed by atoms with Crippen molar-refractivity contribution < 1.29 is 4.79 Å². The molecule has 1 amide bonds. The van der Waals surface area contributed by atoms with Crippen LogP contribution in [0.4, 0.5) is 0 Å². The fraction of sp³-hybridized carbons (Fsp3) is 0.312. The zero-order chi connectivity index (χ0) is 14.7. The minimum atomic E-state index is 0.0238. The highest BCUT2D eigenvalue weighted by Gasteiger charge is 2.17. The molecular weight excluding hydrogens is 322 g/mol. The van der Waals surface area contributed by atoms with Crippen molar-refractivity contribution in [2.75, 3.05) is 5.75 Å². The quantitative estimate of drug-likeness (QED) is 0.847. The maximum Gasteiger partial charge on any atom is 0.261 e. The first-order valence-electron chi connectivity index (χ1n) is 6.87. The number of carbonyl (C=O) groups excluding carboxylic acids is 1. The molecule has 110 valence electrons. The molecule has 0 fully saturated rings. The number of alkyl halides is 1. The number of fused-ring (bicyclic) bond motifs is 1. The molecule has 1 aromatic heterocycles. The van der Waals surface area contributed by atoms with Crippen molar-refractivity contribution >= 4 is 40.6 Å². The summed E-state index contributed by atoms with van der Waals surface area (Å²) in [6.07, 6.45) is 1.09. The van der Waals surface area contributed by atoms with Gasteiger partial charge in [0.15, 0.2) is 0 Å². The second-order valence-electron chi connectivity index (χ2n) is 5.00. The molecule has 0 aliphatic carbocycles. The Morgan fingerprint density at radius 1 is 1.29 bits per heavy atom. The number of halogens is 1. The molecule has 2 aromatic rings. The third-order valence-corrected chi connectivity index (χ3v) is 6.00. The summed E-state index contributed by atoms with van der Waals surface area (Å²) >= 11 is 9.41. The van der Waals surface area contributed by atoms with Gasteiger partial charge in [0.05, 0.1) is 4.88 Å². The number of hydrogen-bond donors (Lipinski definition) is 1. The van der Waals surface area contributed by atoms with Crippen LogP contribution in [0.2, 0.25) is 0 Å². The first kappa shape index (κ1) is 14.9. The van der Waals surface area contributed by atoms with Crippen LogP contribution in [0.3, 0.4) is 0 Å². The molecule has 0 bridgehead atoms. The third kappa shape index (κ3) is 3.62. The first-order chi connectivity index (χ1) is 10.3. The van der Waals surface area contributed by atoms with Gasteiger partial charge in [-0.2, -0.15) is 11.8 Å². The van der Waals surface area contributed by atoms with Gasteiger partial charge in [-0.25, -0.2) is 0 Å². The second-order valence-corrected chi connectivity index (χ2v) is 7.51. The van der Waals surface area contributed by atoms with Crippen LogP contribution in [0.5, 0.6) is 0 Å². The average molecular weight is 338 g/mol. The second kappa shape index (κ2) is 6.86. The Morgan fingerprint density at radius 2 is 2.14 bits per heavy atom. The highest BCUT2D eigenvalue weighted by Crippen LogP contribution is 2.31. The van der Waals surface area contributed by atoms with Crippen molar-refractivity contribution in [3.05, 3.63) is 56.8 Å². The van der Waals surface area contributed by atoms with Crippen molar-refractivity contribution in [2.45, 2.75) is 24.6 Å². The number of thioether (sulfide) groups is 1. The molecule has 1 aliphatic heterocycles. The Kier molecular flexibility index (Phi) is 4.88. The first-order valence-corrected chi connectivity index (χ1v) is 9.38. The molecule has 1 aromatic carbocycles. The highest BCUT2D eigenvalue weighted by atomic mass is 35.5. The maximum absolute atomic E-state index is 12.3. The fourth-order valence-corrected chi connectivity index (χ4v) is 4.81. The highest BCUT2D eigenvalue weighted by molar-refractivity contribution is 7.98. The van der Waals surface area contributed by atoms with Gasteiger partial charge in [-0.05, 0) is 34.9 Å². The predicted octanol–water partition coefficient (Wildman–Crippen LogP) is 4.21. The van der Waals surface area contributed by atoms with E-state index in [1.54, 1.807) is 11.3 Å². The van der Waals surface area contributed by atoms with Gasteiger partial charge in [0.1, 0.15) is 0 Å². The number of hydrogen-bond acceptors (Lipinski definition) is 3. The van der Waals surface area contributed by atoms with E-state index in [1.165, 1.54) is 16.2 Å². The molecule has 0 unspecified atom stereocenters. The third-order valence-electron chi connectivity index (χ3n) is 3.45. The molecule has 2 heterocycles. The molecule has 0 radical (unpaired) electrons. The number of thiophene rings is 1. The van der Waals surface area contributed by atoms with Crippen molar-refractivity contribution in [3.8, 4) is 0 Å². The fourth-order valence-electron chi connectivity index (χ4n) is 2.35. The molecule has 1 aliphatic rings. The molecule has 5 heteroatoms. The van der Waals surface area contributed by atoms with Crippen molar-refractivity contribution in [2.24, 2.45) is 0 Å². The molecule has 0 saturated heterocycles. The van der Waals surface area contributed by atoms with Crippen molar-refractivity contribution in [1.82, 2.24) is 5.32 Å². The van der Waals surface area contributed by atoms with E-state index in [0.717, 1.165) is 28.2 Å². The zero-order valence-corrected chi connectivity index (χ0v) is 13.9. The smallest absolute Gasteiger partial charge is 0.261 e. The zero-order valence-electron chi connectivity index (χ0n) is 11.5. The van der Waals surface area contributed by atoms with Crippen LogP contribution in [0.1, 0.15) is 31.2 Å². The molecule has 3 rings (SSSR count). The number of nitrogens with one attached hydrogen (secondary N) is 1. The van der Waals surface area contributed by atoms with Crippen LogP contribution in [-0.4, -0.2) is 11.7 Å². The largest absolute Gasteiger partial charge is 0.347 e. The lowest BCUT2D eigenvalue weighted by Gasteiger charge is -2.08. The Morgan fingerprint density at radius 3 is 2.95 bits per heavy atom. The normalized spacial score (nSPS) is 13.8. The summed E-state index contributed by atoms with van der Waals surface area (Å²) in [4.78, 5) is 14.5. The molecule has 2 nitrogen and oxygen atoms in total. The summed E-state index contributed by atoms with van der Waals surface area (Å²) in [7, 11) is 0. The average Bonchev–Trinajstić information content (AvgIpc) is 2.97. The molecule has 0 saturated carbocycles. The van der Waals surface area contributed by atoms with Crippen LogP contribution < -0.4 is 5.32 Å². The predicted molar refractivity (Wildman–Crippen MR) is 91.4 cm³/mol. The van der Waals surface area contributed by atoms with E-state index in [4.69, 9.17) is 11.6 Å². The Balaban J connectivity index is 1.64. The van der Waals surface area contributed by atoms with Crippen LogP contribution >= 0.6 is 34.7 Å². The van der Waals surface area contributed by atoms with Crippen LogP contribution in [0.15, 0.2) is 30.3 Å². The number of aryl methyl sites for hydroxylation is 1. The number of carbonyl (C=O) groups is 1. The van der Waals surface area contributed by atoms with E-state index < -0.39 is 0 Å². The van der Waals surface area contributed by atoms with Crippen LogP contribution in [0.25, 0.3) is 0 Å². The van der Waals surface area contributed by atoms with Gasteiger partial charge in [-0.1, -0.05) is 24.3 Å². The molecular formula is C16H16ClNOS2. The summed E-state index contributed by atoms with van der Waals surface area (Å²) in [6, 6.07) is 10.1. The molecule has 0 atom stereocenters. The van der Waals surface area contributed by atoms with Crippen LogP contribution in [0, 0.1) is 0 Å². The molecule has 21 heavy (non-hydrogen) atoms. The van der Waals surface area contributed by atoms with Gasteiger partial charge in [-0.15, -0.1) is 22.9 Å². The minimum absolute atomic E-state index is 0.0238. The van der Waals surface area contributed by atoms with Gasteiger partial charge >= 0.3 is 0 Å². The van der Waals surface area contributed by atoms with Crippen LogP contribution in [-0.2, 0) is 24.6 Å². The standard InChI is InChI=1S/C16H16ClNOS2/c17-8-11-2-1-3-12(6-11)9-18-16(19)15-7-13-10-20-5-4-14(13)21-15/h1-3,6-7H,4-5,8-10H2,(H,18,19). The maximum atomic E-state index is 12.3. The van der Waals surface area contributed by atoms with E-state index in [0.29, 0.717) is 12.4 Å². The van der Waals surface area contributed by atoms with E-state index in [-0.39, 0.29) is 5.91 Å². The van der Waals surface area contributed by atoms with Gasteiger partial charge in [0.2, 0.25) is 0 Å². The lowest BCUT2D eigenvalue weighted by molar-refractivity contribution is 0.0955. The van der Waals surface area contributed by atoms with Gasteiger partial charge in [0, 0.05) is 23.1 Å². The lowest BCUT2D eigenvalue weighted by atomic mass is 10.1. The summed E-state index contributed by atoms with van der Waals surface area (Å²) in [5, 5.41) is 3.00.